The van der Waals surface area contributed by atoms with Gasteiger partial charge in [0.1, 0.15) is 12.2 Å². The van der Waals surface area contributed by atoms with E-state index < -0.39 is 0 Å². The van der Waals surface area contributed by atoms with Gasteiger partial charge in [0.25, 0.3) is 0 Å². The number of aromatic nitrogens is 4. The van der Waals surface area contributed by atoms with E-state index in [0.29, 0.717) is 12.8 Å². The van der Waals surface area contributed by atoms with Gasteiger partial charge in [0, 0.05) is 32.3 Å². The summed E-state index contributed by atoms with van der Waals surface area (Å²) in [6.07, 6.45) is 5.83. The second-order valence-electron chi connectivity index (χ2n) is 3.47. The molecule has 2 aromatic rings. The summed E-state index contributed by atoms with van der Waals surface area (Å²) in [5.74, 6) is 0.758. The fourth-order valence-electron chi connectivity index (χ4n) is 1.49. The van der Waals surface area contributed by atoms with Gasteiger partial charge < -0.3 is 5.32 Å². The van der Waals surface area contributed by atoms with Gasteiger partial charge in [-0.25, -0.2) is 9.67 Å². The van der Waals surface area contributed by atoms with Crippen molar-refractivity contribution in [3.8, 4) is 5.69 Å². The van der Waals surface area contributed by atoms with Crippen LogP contribution in [-0.4, -0.2) is 32.7 Å². The summed E-state index contributed by atoms with van der Waals surface area (Å²) < 4.78 is 1.71. The van der Waals surface area contributed by atoms with Crippen molar-refractivity contribution in [3.63, 3.8) is 0 Å². The Labute approximate surface area is 98.7 Å². The first-order valence-electron chi connectivity index (χ1n) is 5.31. The third kappa shape index (κ3) is 2.66. The molecule has 0 aliphatic rings. The van der Waals surface area contributed by atoms with Crippen molar-refractivity contribution in [1.82, 2.24) is 25.1 Å². The van der Waals surface area contributed by atoms with Crippen LogP contribution in [0.3, 0.4) is 0 Å². The van der Waals surface area contributed by atoms with Crippen LogP contribution in [-0.2, 0) is 11.2 Å². The zero-order chi connectivity index (χ0) is 12.1. The van der Waals surface area contributed by atoms with E-state index in [-0.39, 0.29) is 5.91 Å². The topological polar surface area (TPSA) is 72.7 Å². The summed E-state index contributed by atoms with van der Waals surface area (Å²) in [4.78, 5) is 19.3. The number of rotatable bonds is 4. The van der Waals surface area contributed by atoms with Crippen LogP contribution in [0.5, 0.6) is 0 Å². The standard InChI is InChI=1S/C11H13N5O/c1-12-11(17)3-2-10-14-8-15-16(10)9-4-6-13-7-5-9/h4-8H,2-3H2,1H3,(H,12,17). The van der Waals surface area contributed by atoms with Gasteiger partial charge in [0.2, 0.25) is 5.91 Å². The number of pyridine rings is 1. The van der Waals surface area contributed by atoms with Crippen LogP contribution in [0.25, 0.3) is 5.69 Å². The molecular weight excluding hydrogens is 218 g/mol. The number of amides is 1. The van der Waals surface area contributed by atoms with Crippen LogP contribution in [0, 0.1) is 0 Å². The number of hydrogen-bond acceptors (Lipinski definition) is 4. The lowest BCUT2D eigenvalue weighted by Crippen LogP contribution is -2.18. The summed E-state index contributed by atoms with van der Waals surface area (Å²) in [6, 6.07) is 3.69. The van der Waals surface area contributed by atoms with Crippen molar-refractivity contribution < 1.29 is 4.79 Å². The quantitative estimate of drug-likeness (QED) is 0.823. The predicted octanol–water partition coefficient (Wildman–Crippen LogP) is 0.341. The zero-order valence-electron chi connectivity index (χ0n) is 9.50. The smallest absolute Gasteiger partial charge is 0.220 e. The Morgan fingerprint density at radius 3 is 2.88 bits per heavy atom. The molecule has 17 heavy (non-hydrogen) atoms. The number of carbonyl (C=O) groups is 1. The predicted molar refractivity (Wildman–Crippen MR) is 61.5 cm³/mol. The normalized spacial score (nSPS) is 10.2. The van der Waals surface area contributed by atoms with E-state index in [9.17, 15) is 4.79 Å². The van der Waals surface area contributed by atoms with E-state index in [4.69, 9.17) is 0 Å². The molecule has 0 spiro atoms. The van der Waals surface area contributed by atoms with Gasteiger partial charge in [-0.1, -0.05) is 0 Å². The highest BCUT2D eigenvalue weighted by molar-refractivity contribution is 5.75. The van der Waals surface area contributed by atoms with Gasteiger partial charge >= 0.3 is 0 Å². The minimum Gasteiger partial charge on any atom is -0.359 e. The van der Waals surface area contributed by atoms with E-state index in [0.717, 1.165) is 11.5 Å². The minimum absolute atomic E-state index is 0.00530. The average Bonchev–Trinajstić information content (AvgIpc) is 2.85. The highest BCUT2D eigenvalue weighted by Gasteiger charge is 2.08. The molecule has 6 nitrogen and oxygen atoms in total. The average molecular weight is 231 g/mol. The molecular formula is C11H13N5O. The van der Waals surface area contributed by atoms with Crippen LogP contribution >= 0.6 is 0 Å². The fraction of sp³-hybridized carbons (Fsp3) is 0.273. The molecule has 2 aromatic heterocycles. The first-order chi connectivity index (χ1) is 8.31. The molecule has 0 bridgehead atoms. The second-order valence-corrected chi connectivity index (χ2v) is 3.47. The molecule has 0 radical (unpaired) electrons. The molecule has 0 aliphatic carbocycles. The minimum atomic E-state index is -0.00530. The van der Waals surface area contributed by atoms with E-state index in [1.54, 1.807) is 24.1 Å². The van der Waals surface area contributed by atoms with Gasteiger partial charge in [-0.05, 0) is 12.1 Å². The first kappa shape index (κ1) is 11.3. The lowest BCUT2D eigenvalue weighted by Gasteiger charge is -2.04. The molecule has 2 heterocycles. The van der Waals surface area contributed by atoms with Crippen molar-refractivity contribution in [2.24, 2.45) is 0 Å². The highest BCUT2D eigenvalue weighted by Crippen LogP contribution is 2.08. The summed E-state index contributed by atoms with van der Waals surface area (Å²) in [5, 5.41) is 6.72. The molecule has 0 aromatic carbocycles. The second kappa shape index (κ2) is 5.20. The van der Waals surface area contributed by atoms with Gasteiger partial charge in [0.15, 0.2) is 0 Å². The summed E-state index contributed by atoms with van der Waals surface area (Å²) in [7, 11) is 1.62. The van der Waals surface area contributed by atoms with Crippen LogP contribution in [0.1, 0.15) is 12.2 Å². The number of nitrogens with zero attached hydrogens (tertiary/aromatic N) is 4. The molecule has 88 valence electrons. The van der Waals surface area contributed by atoms with E-state index in [1.165, 1.54) is 6.33 Å². The van der Waals surface area contributed by atoms with Crippen LogP contribution in [0.15, 0.2) is 30.9 Å². The van der Waals surface area contributed by atoms with Crippen molar-refractivity contribution in [2.45, 2.75) is 12.8 Å². The molecule has 1 N–H and O–H groups in total. The molecule has 6 heteroatoms. The molecule has 0 atom stereocenters. The molecule has 0 unspecified atom stereocenters. The van der Waals surface area contributed by atoms with Crippen molar-refractivity contribution in [2.75, 3.05) is 7.05 Å². The number of nitrogens with one attached hydrogen (secondary N) is 1. The third-order valence-corrected chi connectivity index (χ3v) is 2.38. The van der Waals surface area contributed by atoms with Gasteiger partial charge in [-0.3, -0.25) is 9.78 Å². The van der Waals surface area contributed by atoms with Crippen molar-refractivity contribution >= 4 is 5.91 Å². The van der Waals surface area contributed by atoms with Gasteiger partial charge in [-0.2, -0.15) is 5.10 Å². The maximum absolute atomic E-state index is 11.2. The molecule has 0 saturated heterocycles. The SMILES string of the molecule is CNC(=O)CCc1ncnn1-c1ccncc1. The highest BCUT2D eigenvalue weighted by atomic mass is 16.1. The molecule has 1 amide bonds. The summed E-state index contributed by atoms with van der Waals surface area (Å²) in [6.45, 7) is 0. The Balaban J connectivity index is 2.15. The third-order valence-electron chi connectivity index (χ3n) is 2.38. The zero-order valence-corrected chi connectivity index (χ0v) is 9.50. The van der Waals surface area contributed by atoms with Gasteiger partial charge in [0.05, 0.1) is 5.69 Å². The lowest BCUT2D eigenvalue weighted by molar-refractivity contribution is -0.120. The number of aryl methyl sites for hydroxylation is 1. The number of hydrogen-bond donors (Lipinski definition) is 1. The van der Waals surface area contributed by atoms with Crippen molar-refractivity contribution in [3.05, 3.63) is 36.7 Å². The largest absolute Gasteiger partial charge is 0.359 e. The van der Waals surface area contributed by atoms with Crippen LogP contribution in [0.4, 0.5) is 0 Å². The molecule has 0 fully saturated rings. The molecule has 0 aliphatic heterocycles. The Morgan fingerprint density at radius 1 is 1.41 bits per heavy atom. The Bertz CT molecular complexity index is 494. The van der Waals surface area contributed by atoms with Crippen molar-refractivity contribution in [1.29, 1.82) is 0 Å². The molecule has 0 saturated carbocycles. The maximum Gasteiger partial charge on any atom is 0.220 e. The maximum atomic E-state index is 11.2. The van der Waals surface area contributed by atoms with E-state index in [2.05, 4.69) is 20.4 Å². The Hall–Kier alpha value is -2.24. The Kier molecular flexibility index (Phi) is 3.44. The monoisotopic (exact) mass is 231 g/mol. The Morgan fingerprint density at radius 2 is 2.18 bits per heavy atom. The van der Waals surface area contributed by atoms with E-state index >= 15 is 0 Å². The van der Waals surface area contributed by atoms with E-state index in [1.807, 2.05) is 12.1 Å². The van der Waals surface area contributed by atoms with Gasteiger partial charge in [-0.15, -0.1) is 0 Å². The lowest BCUT2D eigenvalue weighted by atomic mass is 10.3. The first-order valence-corrected chi connectivity index (χ1v) is 5.31. The van der Waals surface area contributed by atoms with Crippen LogP contribution < -0.4 is 5.32 Å². The summed E-state index contributed by atoms with van der Waals surface area (Å²) in [5.41, 5.74) is 0.893. The van der Waals surface area contributed by atoms with Crippen LogP contribution in [0.2, 0.25) is 0 Å². The molecule has 2 rings (SSSR count). The summed E-state index contributed by atoms with van der Waals surface area (Å²) >= 11 is 0. The fourth-order valence-corrected chi connectivity index (χ4v) is 1.49. The number of carbonyl (C=O) groups excluding carboxylic acids is 1.